The summed E-state index contributed by atoms with van der Waals surface area (Å²) >= 11 is 0. The van der Waals surface area contributed by atoms with Crippen molar-refractivity contribution in [3.05, 3.63) is 65.5 Å². The maximum atomic E-state index is 13.1. The van der Waals surface area contributed by atoms with Gasteiger partial charge in [-0.3, -0.25) is 0 Å². The monoisotopic (exact) mass is 302 g/mol. The van der Waals surface area contributed by atoms with Crippen LogP contribution in [0.4, 0.5) is 4.39 Å². The zero-order chi connectivity index (χ0) is 15.8. The summed E-state index contributed by atoms with van der Waals surface area (Å²) in [5, 5.41) is 14.6. The minimum absolute atomic E-state index is 0.00564. The Hall–Kier alpha value is -2.40. The fourth-order valence-electron chi connectivity index (χ4n) is 1.93. The summed E-state index contributed by atoms with van der Waals surface area (Å²) in [6, 6.07) is 14.0. The SMILES string of the molecule is C[C@@H](/C=N/O)NCc1ccc(OCc2cccc(F)c2)cc1. The number of nitrogens with zero attached hydrogens (tertiary/aromatic N) is 1. The minimum Gasteiger partial charge on any atom is -0.489 e. The summed E-state index contributed by atoms with van der Waals surface area (Å²) in [4.78, 5) is 0. The normalized spacial score (nSPS) is 12.5. The van der Waals surface area contributed by atoms with Gasteiger partial charge in [0.1, 0.15) is 18.2 Å². The van der Waals surface area contributed by atoms with Gasteiger partial charge in [-0.25, -0.2) is 4.39 Å². The van der Waals surface area contributed by atoms with Crippen molar-refractivity contribution < 1.29 is 14.3 Å². The molecule has 5 heteroatoms. The fraction of sp³-hybridized carbons (Fsp3) is 0.235. The number of nitrogens with one attached hydrogen (secondary N) is 1. The van der Waals surface area contributed by atoms with Gasteiger partial charge in [0.2, 0.25) is 0 Å². The van der Waals surface area contributed by atoms with E-state index in [0.29, 0.717) is 13.2 Å². The molecule has 0 radical (unpaired) electrons. The molecule has 0 amide bonds. The van der Waals surface area contributed by atoms with E-state index in [1.165, 1.54) is 18.3 Å². The van der Waals surface area contributed by atoms with Crippen LogP contribution in [-0.4, -0.2) is 17.5 Å². The standard InChI is InChI=1S/C17H19FN2O2/c1-13(10-20-21)19-11-14-5-7-17(8-6-14)22-12-15-3-2-4-16(18)9-15/h2-10,13,19,21H,11-12H2,1H3/b20-10+/t13-/m0/s1. The molecule has 0 saturated carbocycles. The first kappa shape index (κ1) is 16.0. The molecule has 4 nitrogen and oxygen atoms in total. The highest BCUT2D eigenvalue weighted by Gasteiger charge is 2.00. The van der Waals surface area contributed by atoms with Gasteiger partial charge in [-0.05, 0) is 42.3 Å². The van der Waals surface area contributed by atoms with Gasteiger partial charge in [0, 0.05) is 12.6 Å². The van der Waals surface area contributed by atoms with Gasteiger partial charge < -0.3 is 15.3 Å². The molecule has 2 N–H and O–H groups in total. The zero-order valence-electron chi connectivity index (χ0n) is 12.4. The largest absolute Gasteiger partial charge is 0.489 e. The van der Waals surface area contributed by atoms with Gasteiger partial charge >= 0.3 is 0 Å². The van der Waals surface area contributed by atoms with E-state index in [0.717, 1.165) is 16.9 Å². The van der Waals surface area contributed by atoms with Gasteiger partial charge in [0.25, 0.3) is 0 Å². The van der Waals surface area contributed by atoms with Crippen molar-refractivity contribution in [2.24, 2.45) is 5.16 Å². The summed E-state index contributed by atoms with van der Waals surface area (Å²) < 4.78 is 18.7. The second kappa shape index (κ2) is 8.14. The number of ether oxygens (including phenoxy) is 1. The van der Waals surface area contributed by atoms with Gasteiger partial charge in [-0.15, -0.1) is 5.16 Å². The lowest BCUT2D eigenvalue weighted by Crippen LogP contribution is -2.26. The summed E-state index contributed by atoms with van der Waals surface area (Å²) in [5.41, 5.74) is 1.89. The number of rotatable bonds is 7. The summed E-state index contributed by atoms with van der Waals surface area (Å²) in [5.74, 6) is 0.473. The molecule has 0 aliphatic heterocycles. The zero-order valence-corrected chi connectivity index (χ0v) is 12.4. The minimum atomic E-state index is -0.261. The maximum Gasteiger partial charge on any atom is 0.123 e. The third-order valence-corrected chi connectivity index (χ3v) is 3.14. The Bertz CT molecular complexity index is 614. The van der Waals surface area contributed by atoms with Gasteiger partial charge in [0.15, 0.2) is 0 Å². The van der Waals surface area contributed by atoms with Crippen LogP contribution in [0.15, 0.2) is 53.7 Å². The first-order valence-corrected chi connectivity index (χ1v) is 7.04. The molecular weight excluding hydrogens is 283 g/mol. The van der Waals surface area contributed by atoms with Crippen molar-refractivity contribution in [3.8, 4) is 5.75 Å². The molecule has 2 rings (SSSR count). The molecule has 0 aromatic heterocycles. The maximum absolute atomic E-state index is 13.1. The molecular formula is C17H19FN2O2. The second-order valence-electron chi connectivity index (χ2n) is 5.00. The predicted octanol–water partition coefficient (Wildman–Crippen LogP) is 3.34. The Kier molecular flexibility index (Phi) is 5.91. The third kappa shape index (κ3) is 5.18. The van der Waals surface area contributed by atoms with Crippen LogP contribution in [-0.2, 0) is 13.2 Å². The van der Waals surface area contributed by atoms with Crippen LogP contribution in [0, 0.1) is 5.82 Å². The first-order chi connectivity index (χ1) is 10.7. The molecule has 0 spiro atoms. The van der Waals surface area contributed by atoms with Crippen LogP contribution in [0.25, 0.3) is 0 Å². The first-order valence-electron chi connectivity index (χ1n) is 7.04. The van der Waals surface area contributed by atoms with Crippen LogP contribution in [0.2, 0.25) is 0 Å². The summed E-state index contributed by atoms with van der Waals surface area (Å²) in [6.07, 6.45) is 1.43. The lowest BCUT2D eigenvalue weighted by molar-refractivity contribution is 0.305. The number of halogens is 1. The average molecular weight is 302 g/mol. The lowest BCUT2D eigenvalue weighted by atomic mass is 10.2. The Labute approximate surface area is 129 Å². The van der Waals surface area contributed by atoms with Crippen LogP contribution in [0.3, 0.4) is 0 Å². The van der Waals surface area contributed by atoms with E-state index in [2.05, 4.69) is 10.5 Å². The number of hydrogen-bond acceptors (Lipinski definition) is 4. The molecule has 0 unspecified atom stereocenters. The molecule has 0 bridgehead atoms. The highest BCUT2D eigenvalue weighted by molar-refractivity contribution is 5.62. The number of hydrogen-bond donors (Lipinski definition) is 2. The Morgan fingerprint density at radius 2 is 2.00 bits per heavy atom. The second-order valence-corrected chi connectivity index (χ2v) is 5.00. The fourth-order valence-corrected chi connectivity index (χ4v) is 1.93. The molecule has 2 aromatic carbocycles. The topological polar surface area (TPSA) is 53.9 Å². The van der Waals surface area contributed by atoms with Gasteiger partial charge in [0.05, 0.1) is 6.21 Å². The van der Waals surface area contributed by atoms with Crippen molar-refractivity contribution in [2.75, 3.05) is 0 Å². The van der Waals surface area contributed by atoms with E-state index in [-0.39, 0.29) is 11.9 Å². The van der Waals surface area contributed by atoms with E-state index in [9.17, 15) is 4.39 Å². The molecule has 0 aliphatic rings. The molecule has 116 valence electrons. The van der Waals surface area contributed by atoms with Crippen molar-refractivity contribution in [2.45, 2.75) is 26.1 Å². The highest BCUT2D eigenvalue weighted by atomic mass is 19.1. The van der Waals surface area contributed by atoms with Crippen LogP contribution < -0.4 is 10.1 Å². The molecule has 1 atom stereocenters. The van der Waals surface area contributed by atoms with Crippen molar-refractivity contribution >= 4 is 6.21 Å². The van der Waals surface area contributed by atoms with Crippen molar-refractivity contribution in [1.82, 2.24) is 5.32 Å². The van der Waals surface area contributed by atoms with Crippen molar-refractivity contribution in [3.63, 3.8) is 0 Å². The smallest absolute Gasteiger partial charge is 0.123 e. The summed E-state index contributed by atoms with van der Waals surface area (Å²) in [7, 11) is 0. The van der Waals surface area contributed by atoms with E-state index in [1.807, 2.05) is 37.3 Å². The Morgan fingerprint density at radius 1 is 1.23 bits per heavy atom. The van der Waals surface area contributed by atoms with E-state index in [4.69, 9.17) is 9.94 Å². The van der Waals surface area contributed by atoms with E-state index < -0.39 is 0 Å². The molecule has 0 heterocycles. The molecule has 0 aliphatic carbocycles. The van der Waals surface area contributed by atoms with Crippen LogP contribution in [0.5, 0.6) is 5.75 Å². The van der Waals surface area contributed by atoms with Crippen molar-refractivity contribution in [1.29, 1.82) is 0 Å². The van der Waals surface area contributed by atoms with Crippen LogP contribution in [0.1, 0.15) is 18.1 Å². The lowest BCUT2D eigenvalue weighted by Gasteiger charge is -2.10. The Balaban J connectivity index is 1.84. The quantitative estimate of drug-likeness (QED) is 0.468. The molecule has 0 fully saturated rings. The molecule has 22 heavy (non-hydrogen) atoms. The average Bonchev–Trinajstić information content (AvgIpc) is 2.52. The van der Waals surface area contributed by atoms with Crippen LogP contribution >= 0.6 is 0 Å². The Morgan fingerprint density at radius 3 is 2.68 bits per heavy atom. The van der Waals surface area contributed by atoms with Gasteiger partial charge in [-0.2, -0.15) is 0 Å². The molecule has 2 aromatic rings. The molecule has 0 saturated heterocycles. The third-order valence-electron chi connectivity index (χ3n) is 3.14. The highest BCUT2D eigenvalue weighted by Crippen LogP contribution is 2.14. The van der Waals surface area contributed by atoms with E-state index >= 15 is 0 Å². The predicted molar refractivity (Wildman–Crippen MR) is 83.8 cm³/mol. The van der Waals surface area contributed by atoms with E-state index in [1.54, 1.807) is 6.07 Å². The summed E-state index contributed by atoms with van der Waals surface area (Å²) in [6.45, 7) is 2.90. The van der Waals surface area contributed by atoms with Gasteiger partial charge in [-0.1, -0.05) is 24.3 Å². The number of oxime groups is 1. The number of benzene rings is 2.